The summed E-state index contributed by atoms with van der Waals surface area (Å²) in [6.07, 6.45) is -2.12. The fourth-order valence-electron chi connectivity index (χ4n) is 2.45. The lowest BCUT2D eigenvalue weighted by Crippen LogP contribution is -2.33. The minimum Gasteiger partial charge on any atom is -0.381 e. The maximum absolute atomic E-state index is 12.7. The lowest BCUT2D eigenvalue weighted by molar-refractivity contribution is -0.137. The lowest BCUT2D eigenvalue weighted by atomic mass is 9.77. The van der Waals surface area contributed by atoms with E-state index < -0.39 is 11.7 Å². The molecule has 0 aliphatic carbocycles. The number of hydrogen-bond donors (Lipinski definition) is 0. The number of halogens is 4. The number of benzene rings is 1. The zero-order valence-corrected chi connectivity index (χ0v) is 11.2. The zero-order chi connectivity index (χ0) is 13.9. The Morgan fingerprint density at radius 1 is 1.21 bits per heavy atom. The summed E-state index contributed by atoms with van der Waals surface area (Å²) in [5.74, 6) is 0.451. The summed E-state index contributed by atoms with van der Waals surface area (Å²) < 4.78 is 43.3. The first kappa shape index (κ1) is 14.7. The predicted octanol–water partition coefficient (Wildman–Crippen LogP) is 4.28. The molecule has 0 amide bonds. The standard InChI is InChI=1S/C14H16ClF3O/c15-10-13(4-6-19-7-5-13)9-11-2-1-3-12(8-11)14(16,17)18/h1-3,8H,4-7,9-10H2. The van der Waals surface area contributed by atoms with Crippen molar-refractivity contribution in [2.45, 2.75) is 25.4 Å². The number of rotatable bonds is 3. The van der Waals surface area contributed by atoms with Gasteiger partial charge in [0.05, 0.1) is 5.56 Å². The van der Waals surface area contributed by atoms with Gasteiger partial charge >= 0.3 is 6.18 Å². The number of ether oxygens (including phenoxy) is 1. The van der Waals surface area contributed by atoms with Crippen LogP contribution >= 0.6 is 11.6 Å². The van der Waals surface area contributed by atoms with Crippen LogP contribution in [0.1, 0.15) is 24.0 Å². The van der Waals surface area contributed by atoms with Crippen molar-refractivity contribution in [2.75, 3.05) is 19.1 Å². The van der Waals surface area contributed by atoms with Gasteiger partial charge in [0.1, 0.15) is 0 Å². The molecule has 0 N–H and O–H groups in total. The molecule has 0 spiro atoms. The van der Waals surface area contributed by atoms with E-state index in [1.54, 1.807) is 6.07 Å². The van der Waals surface area contributed by atoms with Crippen molar-refractivity contribution < 1.29 is 17.9 Å². The van der Waals surface area contributed by atoms with Gasteiger partial charge in [-0.05, 0) is 36.3 Å². The van der Waals surface area contributed by atoms with Crippen LogP contribution in [0.25, 0.3) is 0 Å². The third-order valence-electron chi connectivity index (χ3n) is 3.67. The van der Waals surface area contributed by atoms with Crippen molar-refractivity contribution >= 4 is 11.6 Å². The second kappa shape index (κ2) is 5.71. The molecular weight excluding hydrogens is 277 g/mol. The van der Waals surface area contributed by atoms with E-state index in [0.29, 0.717) is 31.1 Å². The van der Waals surface area contributed by atoms with Gasteiger partial charge in [-0.3, -0.25) is 0 Å². The summed E-state index contributed by atoms with van der Waals surface area (Å²) >= 11 is 6.04. The maximum atomic E-state index is 12.7. The summed E-state index contributed by atoms with van der Waals surface area (Å²) in [7, 11) is 0. The van der Waals surface area contributed by atoms with Crippen molar-refractivity contribution in [1.82, 2.24) is 0 Å². The Labute approximate surface area is 115 Å². The Balaban J connectivity index is 2.18. The molecule has 106 valence electrons. The van der Waals surface area contributed by atoms with Crippen LogP contribution in [0.15, 0.2) is 24.3 Å². The van der Waals surface area contributed by atoms with Gasteiger partial charge in [-0.2, -0.15) is 13.2 Å². The molecule has 1 saturated heterocycles. The zero-order valence-electron chi connectivity index (χ0n) is 10.5. The molecule has 19 heavy (non-hydrogen) atoms. The van der Waals surface area contributed by atoms with Gasteiger partial charge in [0.15, 0.2) is 0 Å². The van der Waals surface area contributed by atoms with Gasteiger partial charge in [0.25, 0.3) is 0 Å². The molecule has 2 rings (SSSR count). The molecule has 1 nitrogen and oxygen atoms in total. The average molecular weight is 293 g/mol. The van der Waals surface area contributed by atoms with E-state index in [1.807, 2.05) is 0 Å². The maximum Gasteiger partial charge on any atom is 0.416 e. The van der Waals surface area contributed by atoms with E-state index in [0.717, 1.165) is 18.9 Å². The Morgan fingerprint density at radius 2 is 1.89 bits per heavy atom. The van der Waals surface area contributed by atoms with Gasteiger partial charge in [-0.1, -0.05) is 18.2 Å². The van der Waals surface area contributed by atoms with Crippen LogP contribution in [-0.4, -0.2) is 19.1 Å². The molecule has 1 heterocycles. The Kier molecular flexibility index (Phi) is 4.41. The normalized spacial score (nSPS) is 19.4. The Bertz CT molecular complexity index is 425. The smallest absolute Gasteiger partial charge is 0.381 e. The van der Waals surface area contributed by atoms with E-state index >= 15 is 0 Å². The Morgan fingerprint density at radius 3 is 2.47 bits per heavy atom. The van der Waals surface area contributed by atoms with Crippen molar-refractivity contribution in [1.29, 1.82) is 0 Å². The summed E-state index contributed by atoms with van der Waals surface area (Å²) in [5.41, 5.74) is -0.0385. The first-order valence-corrected chi connectivity index (χ1v) is 6.79. The van der Waals surface area contributed by atoms with Crippen LogP contribution in [0.5, 0.6) is 0 Å². The molecule has 1 aliphatic rings. The highest BCUT2D eigenvalue weighted by Crippen LogP contribution is 2.37. The van der Waals surface area contributed by atoms with E-state index in [4.69, 9.17) is 16.3 Å². The molecule has 0 radical (unpaired) electrons. The minimum absolute atomic E-state index is 0.135. The van der Waals surface area contributed by atoms with Crippen molar-refractivity contribution in [3.63, 3.8) is 0 Å². The topological polar surface area (TPSA) is 9.23 Å². The molecule has 0 atom stereocenters. The highest BCUT2D eigenvalue weighted by atomic mass is 35.5. The monoisotopic (exact) mass is 292 g/mol. The van der Waals surface area contributed by atoms with E-state index in [-0.39, 0.29) is 5.41 Å². The van der Waals surface area contributed by atoms with E-state index in [9.17, 15) is 13.2 Å². The number of alkyl halides is 4. The predicted molar refractivity (Wildman–Crippen MR) is 68.4 cm³/mol. The fourth-order valence-corrected chi connectivity index (χ4v) is 2.81. The second-order valence-corrected chi connectivity index (χ2v) is 5.39. The minimum atomic E-state index is -4.29. The molecular formula is C14H16ClF3O. The third kappa shape index (κ3) is 3.63. The SMILES string of the molecule is FC(F)(F)c1cccc(CC2(CCl)CCOCC2)c1. The molecule has 1 fully saturated rings. The first-order valence-electron chi connectivity index (χ1n) is 6.25. The van der Waals surface area contributed by atoms with Gasteiger partial charge in [-0.15, -0.1) is 11.6 Å². The molecule has 0 bridgehead atoms. The van der Waals surface area contributed by atoms with Crippen LogP contribution in [0.3, 0.4) is 0 Å². The molecule has 1 aromatic carbocycles. The molecule has 0 saturated carbocycles. The van der Waals surface area contributed by atoms with Crippen molar-refractivity contribution in [3.05, 3.63) is 35.4 Å². The summed E-state index contributed by atoms with van der Waals surface area (Å²) in [4.78, 5) is 0. The molecule has 1 aromatic rings. The van der Waals surface area contributed by atoms with Crippen LogP contribution < -0.4 is 0 Å². The van der Waals surface area contributed by atoms with Gasteiger partial charge in [-0.25, -0.2) is 0 Å². The Hall–Kier alpha value is -0.740. The van der Waals surface area contributed by atoms with Gasteiger partial charge in [0.2, 0.25) is 0 Å². The van der Waals surface area contributed by atoms with Crippen LogP contribution in [0.2, 0.25) is 0 Å². The van der Waals surface area contributed by atoms with Gasteiger partial charge in [0, 0.05) is 19.1 Å². The lowest BCUT2D eigenvalue weighted by Gasteiger charge is -2.35. The second-order valence-electron chi connectivity index (χ2n) is 5.12. The molecule has 1 aliphatic heterocycles. The van der Waals surface area contributed by atoms with Crippen LogP contribution in [0, 0.1) is 5.41 Å². The summed E-state index contributed by atoms with van der Waals surface area (Å²) in [6, 6.07) is 5.52. The van der Waals surface area contributed by atoms with Crippen LogP contribution in [0.4, 0.5) is 13.2 Å². The molecule has 0 unspecified atom stereocenters. The third-order valence-corrected chi connectivity index (χ3v) is 4.24. The quantitative estimate of drug-likeness (QED) is 0.756. The van der Waals surface area contributed by atoms with E-state index in [1.165, 1.54) is 12.1 Å². The average Bonchev–Trinajstić information content (AvgIpc) is 2.39. The highest BCUT2D eigenvalue weighted by Gasteiger charge is 2.34. The van der Waals surface area contributed by atoms with Crippen molar-refractivity contribution in [3.8, 4) is 0 Å². The summed E-state index contributed by atoms with van der Waals surface area (Å²) in [5, 5.41) is 0. The van der Waals surface area contributed by atoms with Crippen molar-refractivity contribution in [2.24, 2.45) is 5.41 Å². The van der Waals surface area contributed by atoms with Crippen LogP contribution in [-0.2, 0) is 17.3 Å². The molecule has 0 aromatic heterocycles. The number of hydrogen-bond acceptors (Lipinski definition) is 1. The first-order chi connectivity index (χ1) is 8.95. The molecule has 5 heteroatoms. The fraction of sp³-hybridized carbons (Fsp3) is 0.571. The largest absolute Gasteiger partial charge is 0.416 e. The van der Waals surface area contributed by atoms with Gasteiger partial charge < -0.3 is 4.74 Å². The highest BCUT2D eigenvalue weighted by molar-refractivity contribution is 6.18. The van der Waals surface area contributed by atoms with E-state index in [2.05, 4.69) is 0 Å². The summed E-state index contributed by atoms with van der Waals surface area (Å²) in [6.45, 7) is 1.26.